The summed E-state index contributed by atoms with van der Waals surface area (Å²) in [5, 5.41) is 0. The first kappa shape index (κ1) is 22.3. The Bertz CT molecular complexity index is 884. The molecule has 0 heterocycles. The SMILES string of the molecule is CC(=O)O[C@@H]1C=C2C(C)=C[C@@H]3[C@H]4CC[C@](OC(C)=O)(C(C)=O)[C@@]4(C)CC[C@@H]3[C@@]2(C)CC1. The second-order valence-electron chi connectivity index (χ2n) is 10.8. The van der Waals surface area contributed by atoms with Crippen molar-refractivity contribution in [1.29, 1.82) is 0 Å². The van der Waals surface area contributed by atoms with Crippen molar-refractivity contribution in [3.63, 3.8) is 0 Å². The number of Topliss-reactive ketones (excluding diaryl/α,β-unsaturated/α-hetero) is 1. The summed E-state index contributed by atoms with van der Waals surface area (Å²) in [6, 6.07) is 0. The molecule has 0 spiro atoms. The van der Waals surface area contributed by atoms with Gasteiger partial charge in [0, 0.05) is 19.3 Å². The smallest absolute Gasteiger partial charge is 0.303 e. The van der Waals surface area contributed by atoms with Gasteiger partial charge in [-0.05, 0) is 87.2 Å². The van der Waals surface area contributed by atoms with Gasteiger partial charge in [0.2, 0.25) is 0 Å². The molecule has 5 heteroatoms. The maximum Gasteiger partial charge on any atom is 0.303 e. The van der Waals surface area contributed by atoms with Crippen molar-refractivity contribution < 1.29 is 23.9 Å². The predicted octanol–water partition coefficient (Wildman–Crippen LogP) is 4.94. The number of ether oxygens (including phenoxy) is 2. The lowest BCUT2D eigenvalue weighted by molar-refractivity contribution is -0.185. The molecule has 0 aromatic rings. The van der Waals surface area contributed by atoms with E-state index in [1.807, 2.05) is 0 Å². The van der Waals surface area contributed by atoms with Crippen LogP contribution in [0, 0.1) is 28.6 Å². The van der Waals surface area contributed by atoms with Crippen molar-refractivity contribution in [3.8, 4) is 0 Å². The van der Waals surface area contributed by atoms with Crippen molar-refractivity contribution in [2.24, 2.45) is 28.6 Å². The predicted molar refractivity (Wildman–Crippen MR) is 117 cm³/mol. The third kappa shape index (κ3) is 3.14. The van der Waals surface area contributed by atoms with Gasteiger partial charge in [0.1, 0.15) is 6.10 Å². The van der Waals surface area contributed by atoms with Gasteiger partial charge in [-0.15, -0.1) is 0 Å². The summed E-state index contributed by atoms with van der Waals surface area (Å²) in [7, 11) is 0. The summed E-state index contributed by atoms with van der Waals surface area (Å²) >= 11 is 0. The van der Waals surface area contributed by atoms with Crippen LogP contribution >= 0.6 is 0 Å². The Labute approximate surface area is 185 Å². The Morgan fingerprint density at radius 3 is 2.19 bits per heavy atom. The van der Waals surface area contributed by atoms with Gasteiger partial charge in [-0.2, -0.15) is 0 Å². The van der Waals surface area contributed by atoms with Crippen LogP contribution in [0.2, 0.25) is 0 Å². The quantitative estimate of drug-likeness (QED) is 0.596. The van der Waals surface area contributed by atoms with Crippen LogP contribution in [-0.2, 0) is 23.9 Å². The molecule has 4 aliphatic carbocycles. The average Bonchev–Trinajstić information content (AvgIpc) is 2.96. The molecule has 0 amide bonds. The van der Waals surface area contributed by atoms with Gasteiger partial charge in [-0.3, -0.25) is 14.4 Å². The lowest BCUT2D eigenvalue weighted by Gasteiger charge is -2.58. The number of hydrogen-bond donors (Lipinski definition) is 0. The molecule has 2 fully saturated rings. The zero-order valence-electron chi connectivity index (χ0n) is 19.7. The second-order valence-corrected chi connectivity index (χ2v) is 10.8. The van der Waals surface area contributed by atoms with Gasteiger partial charge in [0.05, 0.1) is 0 Å². The molecule has 0 N–H and O–H groups in total. The third-order valence-corrected chi connectivity index (χ3v) is 9.26. The lowest BCUT2D eigenvalue weighted by Crippen LogP contribution is -2.58. The van der Waals surface area contributed by atoms with Crippen molar-refractivity contribution in [2.75, 3.05) is 0 Å². The highest BCUT2D eigenvalue weighted by molar-refractivity contribution is 5.89. The molecule has 0 radical (unpaired) electrons. The lowest BCUT2D eigenvalue weighted by atomic mass is 9.47. The van der Waals surface area contributed by atoms with E-state index in [4.69, 9.17) is 9.47 Å². The Balaban J connectivity index is 1.73. The molecule has 0 aromatic carbocycles. The van der Waals surface area contributed by atoms with Gasteiger partial charge in [0.15, 0.2) is 11.4 Å². The van der Waals surface area contributed by atoms with Crippen LogP contribution in [0.5, 0.6) is 0 Å². The fraction of sp³-hybridized carbons (Fsp3) is 0.731. The van der Waals surface area contributed by atoms with Gasteiger partial charge in [-0.25, -0.2) is 0 Å². The Kier molecular flexibility index (Phi) is 5.26. The molecule has 5 nitrogen and oxygen atoms in total. The van der Waals surface area contributed by atoms with Crippen molar-refractivity contribution in [2.45, 2.75) is 91.8 Å². The van der Waals surface area contributed by atoms with E-state index >= 15 is 0 Å². The number of carbonyl (C=O) groups is 3. The van der Waals surface area contributed by atoms with Crippen LogP contribution in [0.15, 0.2) is 23.3 Å². The minimum absolute atomic E-state index is 0.0173. The molecule has 170 valence electrons. The summed E-state index contributed by atoms with van der Waals surface area (Å²) < 4.78 is 11.4. The number of allylic oxidation sites excluding steroid dienone is 3. The van der Waals surface area contributed by atoms with Crippen molar-refractivity contribution >= 4 is 17.7 Å². The van der Waals surface area contributed by atoms with Crippen LogP contribution in [0.25, 0.3) is 0 Å². The number of ketones is 1. The average molecular weight is 429 g/mol. The fourth-order valence-corrected chi connectivity index (χ4v) is 7.92. The second kappa shape index (κ2) is 7.31. The molecule has 4 aliphatic rings. The normalized spacial score (nSPS) is 43.5. The summed E-state index contributed by atoms with van der Waals surface area (Å²) in [5.41, 5.74) is 1.29. The number of carbonyl (C=O) groups excluding carboxylic acids is 3. The summed E-state index contributed by atoms with van der Waals surface area (Å²) in [4.78, 5) is 36.3. The first-order valence-electron chi connectivity index (χ1n) is 11.7. The van der Waals surface area contributed by atoms with Gasteiger partial charge in [-0.1, -0.05) is 25.5 Å². The molecule has 31 heavy (non-hydrogen) atoms. The minimum atomic E-state index is -1.000. The maximum atomic E-state index is 12.9. The highest BCUT2D eigenvalue weighted by atomic mass is 16.6. The molecule has 0 unspecified atom stereocenters. The van der Waals surface area contributed by atoms with Crippen molar-refractivity contribution in [3.05, 3.63) is 23.3 Å². The molecule has 2 saturated carbocycles. The van der Waals surface area contributed by atoms with E-state index in [0.717, 1.165) is 32.1 Å². The zero-order chi connectivity index (χ0) is 22.8. The van der Waals surface area contributed by atoms with Gasteiger partial charge >= 0.3 is 11.9 Å². The number of rotatable bonds is 3. The highest BCUT2D eigenvalue weighted by Crippen LogP contribution is 2.68. The summed E-state index contributed by atoms with van der Waals surface area (Å²) in [6.07, 6.45) is 9.69. The molecule has 4 rings (SSSR count). The van der Waals surface area contributed by atoms with E-state index < -0.39 is 5.60 Å². The van der Waals surface area contributed by atoms with Gasteiger partial charge < -0.3 is 9.47 Å². The Morgan fingerprint density at radius 1 is 0.903 bits per heavy atom. The van der Waals surface area contributed by atoms with Crippen LogP contribution < -0.4 is 0 Å². The largest absolute Gasteiger partial charge is 0.458 e. The Hall–Kier alpha value is -1.91. The molecule has 0 aromatic heterocycles. The van der Waals surface area contributed by atoms with E-state index in [1.54, 1.807) is 6.92 Å². The number of esters is 2. The van der Waals surface area contributed by atoms with Crippen LogP contribution in [-0.4, -0.2) is 29.4 Å². The number of hydrogen-bond acceptors (Lipinski definition) is 5. The third-order valence-electron chi connectivity index (χ3n) is 9.26. The minimum Gasteiger partial charge on any atom is -0.458 e. The first-order valence-corrected chi connectivity index (χ1v) is 11.7. The summed E-state index contributed by atoms with van der Waals surface area (Å²) in [5.74, 6) is 0.550. The zero-order valence-corrected chi connectivity index (χ0v) is 19.7. The first-order chi connectivity index (χ1) is 14.4. The van der Waals surface area contributed by atoms with Gasteiger partial charge in [0.25, 0.3) is 0 Å². The van der Waals surface area contributed by atoms with E-state index in [-0.39, 0.29) is 34.7 Å². The Morgan fingerprint density at radius 2 is 1.58 bits per heavy atom. The maximum absolute atomic E-state index is 12.9. The number of fused-ring (bicyclic) bond motifs is 5. The molecule has 7 atom stereocenters. The molecular weight excluding hydrogens is 392 g/mol. The highest BCUT2D eigenvalue weighted by Gasteiger charge is 2.67. The summed E-state index contributed by atoms with van der Waals surface area (Å²) in [6.45, 7) is 11.2. The molecule has 0 saturated heterocycles. The standard InChI is InChI=1S/C26H36O5/c1-15-13-20-21(24(5)10-7-19(14-23(15)24)30-17(3)28)8-11-25(6)22(20)9-12-26(25,16(2)27)31-18(4)29/h13-14,19-22H,7-12H2,1-6H3/t19-,20-,21-,22+,24+,25-,26-/m0/s1. The van der Waals surface area contributed by atoms with E-state index in [1.165, 1.54) is 25.0 Å². The topological polar surface area (TPSA) is 69.7 Å². The van der Waals surface area contributed by atoms with Crippen molar-refractivity contribution in [1.82, 2.24) is 0 Å². The van der Waals surface area contributed by atoms with Crippen LogP contribution in [0.1, 0.15) is 80.1 Å². The molecular formula is C26H36O5. The fourth-order valence-electron chi connectivity index (χ4n) is 7.92. The molecule has 0 bridgehead atoms. The van der Waals surface area contributed by atoms with E-state index in [9.17, 15) is 14.4 Å². The monoisotopic (exact) mass is 428 g/mol. The van der Waals surface area contributed by atoms with Crippen LogP contribution in [0.3, 0.4) is 0 Å². The van der Waals surface area contributed by atoms with E-state index in [2.05, 4.69) is 32.9 Å². The van der Waals surface area contributed by atoms with E-state index in [0.29, 0.717) is 24.2 Å². The van der Waals surface area contributed by atoms with Crippen LogP contribution in [0.4, 0.5) is 0 Å². The molecule has 0 aliphatic heterocycles.